The number of hydrogen-bond donors (Lipinski definition) is 1. The van der Waals surface area contributed by atoms with Crippen LogP contribution in [0.4, 0.5) is 11.4 Å². The van der Waals surface area contributed by atoms with Crippen LogP contribution in [0.3, 0.4) is 0 Å². The number of nitro benzene ring substituents is 1. The molecule has 0 aliphatic carbocycles. The van der Waals surface area contributed by atoms with Crippen molar-refractivity contribution in [1.29, 1.82) is 0 Å². The third kappa shape index (κ3) is 3.48. The summed E-state index contributed by atoms with van der Waals surface area (Å²) in [6.45, 7) is 1.56. The minimum absolute atomic E-state index is 0.0717. The number of anilines is 1. The summed E-state index contributed by atoms with van der Waals surface area (Å²) in [5.41, 5.74) is 1.14. The molecule has 0 saturated heterocycles. The van der Waals surface area contributed by atoms with Crippen LogP contribution in [-0.4, -0.2) is 10.8 Å². The Morgan fingerprint density at radius 2 is 1.95 bits per heavy atom. The molecule has 2 aromatic carbocycles. The van der Waals surface area contributed by atoms with Gasteiger partial charge < -0.3 is 5.32 Å². The molecule has 7 heteroatoms. The maximum atomic E-state index is 12.3. The van der Waals surface area contributed by atoms with E-state index in [-0.39, 0.29) is 17.2 Å². The predicted molar refractivity (Wildman–Crippen MR) is 87.6 cm³/mol. The van der Waals surface area contributed by atoms with Crippen LogP contribution in [0.25, 0.3) is 0 Å². The number of hydrogen-bond acceptors (Lipinski definition) is 3. The third-order valence-electron chi connectivity index (χ3n) is 2.93. The first-order valence-corrected chi connectivity index (χ1v) is 7.49. The molecule has 0 radical (unpaired) electrons. The summed E-state index contributed by atoms with van der Waals surface area (Å²) >= 11 is 6.68. The van der Waals surface area contributed by atoms with Crippen LogP contribution in [0.5, 0.6) is 0 Å². The van der Waals surface area contributed by atoms with E-state index >= 15 is 0 Å². The number of nitro groups is 1. The van der Waals surface area contributed by atoms with Crippen LogP contribution in [-0.2, 0) is 0 Å². The average Bonchev–Trinajstić information content (AvgIpc) is 2.41. The molecule has 0 saturated carbocycles. The second kappa shape index (κ2) is 6.36. The first-order chi connectivity index (χ1) is 9.90. The van der Waals surface area contributed by atoms with E-state index in [0.29, 0.717) is 15.7 Å². The van der Waals surface area contributed by atoms with Crippen molar-refractivity contribution >= 4 is 49.1 Å². The molecule has 0 heterocycles. The van der Waals surface area contributed by atoms with E-state index in [0.717, 1.165) is 4.47 Å². The summed E-state index contributed by atoms with van der Waals surface area (Å²) in [5.74, 6) is -0.390. The maximum Gasteiger partial charge on any atom is 0.273 e. The quantitative estimate of drug-likeness (QED) is 0.586. The number of carbonyl (C=O) groups is 1. The van der Waals surface area contributed by atoms with Crippen molar-refractivity contribution in [1.82, 2.24) is 0 Å². The molecule has 1 N–H and O–H groups in total. The van der Waals surface area contributed by atoms with Gasteiger partial charge in [0.15, 0.2) is 0 Å². The van der Waals surface area contributed by atoms with E-state index in [4.69, 9.17) is 0 Å². The van der Waals surface area contributed by atoms with E-state index < -0.39 is 4.92 Å². The van der Waals surface area contributed by atoms with Crippen LogP contribution in [0.2, 0.25) is 0 Å². The highest BCUT2D eigenvalue weighted by Crippen LogP contribution is 2.27. The monoisotopic (exact) mass is 412 g/mol. The number of nitrogens with zero attached hydrogens (tertiary/aromatic N) is 1. The molecule has 0 aliphatic heterocycles. The SMILES string of the molecule is Cc1c(C(=O)Nc2ccc(Br)cc2Br)cccc1[N+](=O)[O-]. The van der Waals surface area contributed by atoms with Gasteiger partial charge in [0, 0.05) is 26.1 Å². The molecular weight excluding hydrogens is 404 g/mol. The average molecular weight is 414 g/mol. The zero-order valence-corrected chi connectivity index (χ0v) is 14.1. The van der Waals surface area contributed by atoms with Gasteiger partial charge in [-0.25, -0.2) is 0 Å². The molecule has 0 unspecified atom stereocenters. The molecule has 0 spiro atoms. The van der Waals surface area contributed by atoms with Crippen molar-refractivity contribution < 1.29 is 9.72 Å². The number of rotatable bonds is 3. The Labute approximate surface area is 137 Å². The summed E-state index contributed by atoms with van der Waals surface area (Å²) in [4.78, 5) is 22.7. The fourth-order valence-electron chi connectivity index (χ4n) is 1.85. The van der Waals surface area contributed by atoms with E-state index in [1.807, 2.05) is 0 Å². The molecule has 21 heavy (non-hydrogen) atoms. The molecule has 5 nitrogen and oxygen atoms in total. The van der Waals surface area contributed by atoms with Crippen LogP contribution in [0.1, 0.15) is 15.9 Å². The second-order valence-corrected chi connectivity index (χ2v) is 6.06. The number of benzene rings is 2. The highest BCUT2D eigenvalue weighted by Gasteiger charge is 2.18. The minimum Gasteiger partial charge on any atom is -0.321 e. The van der Waals surface area contributed by atoms with E-state index in [1.165, 1.54) is 12.1 Å². The lowest BCUT2D eigenvalue weighted by atomic mass is 10.1. The Kier molecular flexibility index (Phi) is 4.74. The minimum atomic E-state index is -0.498. The van der Waals surface area contributed by atoms with Gasteiger partial charge in [0.1, 0.15) is 0 Å². The van der Waals surface area contributed by atoms with Gasteiger partial charge in [0.05, 0.1) is 10.6 Å². The molecule has 0 fully saturated rings. The van der Waals surface area contributed by atoms with E-state index in [2.05, 4.69) is 37.2 Å². The Morgan fingerprint density at radius 3 is 2.57 bits per heavy atom. The molecule has 0 aromatic heterocycles. The fraction of sp³-hybridized carbons (Fsp3) is 0.0714. The molecule has 108 valence electrons. The fourth-order valence-corrected chi connectivity index (χ4v) is 2.99. The number of carbonyl (C=O) groups excluding carboxylic acids is 1. The molecular formula is C14H10Br2N2O3. The lowest BCUT2D eigenvalue weighted by Gasteiger charge is -2.09. The molecule has 0 atom stereocenters. The summed E-state index contributed by atoms with van der Waals surface area (Å²) < 4.78 is 1.59. The Hall–Kier alpha value is -1.73. The summed E-state index contributed by atoms with van der Waals surface area (Å²) in [6.07, 6.45) is 0. The van der Waals surface area contributed by atoms with Crippen molar-refractivity contribution in [3.8, 4) is 0 Å². The highest BCUT2D eigenvalue weighted by atomic mass is 79.9. The van der Waals surface area contributed by atoms with Gasteiger partial charge in [-0.15, -0.1) is 0 Å². The molecule has 0 aliphatic rings. The van der Waals surface area contributed by atoms with Crippen molar-refractivity contribution in [2.75, 3.05) is 5.32 Å². The first kappa shape index (κ1) is 15.7. The lowest BCUT2D eigenvalue weighted by Crippen LogP contribution is -2.14. The van der Waals surface area contributed by atoms with E-state index in [9.17, 15) is 14.9 Å². The zero-order chi connectivity index (χ0) is 15.6. The van der Waals surface area contributed by atoms with Crippen LogP contribution in [0, 0.1) is 17.0 Å². The van der Waals surface area contributed by atoms with Crippen molar-refractivity contribution in [3.63, 3.8) is 0 Å². The Balaban J connectivity index is 2.33. The lowest BCUT2D eigenvalue weighted by molar-refractivity contribution is -0.385. The van der Waals surface area contributed by atoms with Gasteiger partial charge in [0.2, 0.25) is 0 Å². The topological polar surface area (TPSA) is 72.2 Å². The second-order valence-electron chi connectivity index (χ2n) is 4.29. The maximum absolute atomic E-state index is 12.3. The predicted octanol–water partition coefficient (Wildman–Crippen LogP) is 4.68. The van der Waals surface area contributed by atoms with Gasteiger partial charge >= 0.3 is 0 Å². The van der Waals surface area contributed by atoms with Gasteiger partial charge in [0.25, 0.3) is 11.6 Å². The molecule has 0 bridgehead atoms. The molecule has 2 aromatic rings. The van der Waals surface area contributed by atoms with Crippen LogP contribution in [0.15, 0.2) is 45.3 Å². The number of amides is 1. The van der Waals surface area contributed by atoms with Crippen molar-refractivity contribution in [2.24, 2.45) is 0 Å². The summed E-state index contributed by atoms with van der Waals surface area (Å²) in [7, 11) is 0. The normalized spacial score (nSPS) is 10.2. The number of nitrogens with one attached hydrogen (secondary N) is 1. The van der Waals surface area contributed by atoms with Crippen molar-refractivity contribution in [2.45, 2.75) is 6.92 Å². The third-order valence-corrected chi connectivity index (χ3v) is 4.08. The highest BCUT2D eigenvalue weighted by molar-refractivity contribution is 9.11. The zero-order valence-electron chi connectivity index (χ0n) is 10.9. The molecule has 2 rings (SSSR count). The van der Waals surface area contributed by atoms with Crippen molar-refractivity contribution in [3.05, 3.63) is 66.6 Å². The van der Waals surface area contributed by atoms with Gasteiger partial charge in [-0.1, -0.05) is 22.0 Å². The first-order valence-electron chi connectivity index (χ1n) is 5.90. The van der Waals surface area contributed by atoms with E-state index in [1.54, 1.807) is 31.2 Å². The van der Waals surface area contributed by atoms with Crippen LogP contribution < -0.4 is 5.32 Å². The Bertz CT molecular complexity index is 732. The van der Waals surface area contributed by atoms with Gasteiger partial charge in [-0.05, 0) is 47.1 Å². The summed E-state index contributed by atoms with van der Waals surface area (Å²) in [5, 5.41) is 13.6. The molecule has 1 amide bonds. The number of halogens is 2. The van der Waals surface area contributed by atoms with Gasteiger partial charge in [-0.3, -0.25) is 14.9 Å². The van der Waals surface area contributed by atoms with Crippen LogP contribution >= 0.6 is 31.9 Å². The smallest absolute Gasteiger partial charge is 0.273 e. The van der Waals surface area contributed by atoms with Gasteiger partial charge in [-0.2, -0.15) is 0 Å². The Morgan fingerprint density at radius 1 is 1.24 bits per heavy atom. The largest absolute Gasteiger partial charge is 0.321 e. The standard InChI is InChI=1S/C14H10Br2N2O3/c1-8-10(3-2-4-13(8)18(20)21)14(19)17-12-6-5-9(15)7-11(12)16/h2-7H,1H3,(H,17,19). The summed E-state index contributed by atoms with van der Waals surface area (Å²) in [6, 6.07) is 9.76.